The Balaban J connectivity index is 3.32. The summed E-state index contributed by atoms with van der Waals surface area (Å²) in [5, 5.41) is 3.37. The first-order chi connectivity index (χ1) is 5.65. The number of benzene rings is 1. The second kappa shape index (κ2) is 4.01. The van der Waals surface area contributed by atoms with E-state index < -0.39 is 0 Å². The highest BCUT2D eigenvalue weighted by molar-refractivity contribution is 7.78. The number of isothiocyanates is 1. The van der Waals surface area contributed by atoms with Crippen molar-refractivity contribution in [2.75, 3.05) is 0 Å². The molecule has 0 atom stereocenters. The molecule has 1 aromatic carbocycles. The average Bonchev–Trinajstić information content (AvgIpc) is 2.01. The van der Waals surface area contributed by atoms with Gasteiger partial charge in [-0.3, -0.25) is 0 Å². The van der Waals surface area contributed by atoms with E-state index in [1.54, 1.807) is 12.1 Å². The van der Waals surface area contributed by atoms with Crippen LogP contribution in [0.3, 0.4) is 0 Å². The third-order valence-electron chi connectivity index (χ3n) is 1.39. The Hall–Kier alpha value is -0.400. The van der Waals surface area contributed by atoms with E-state index in [0.717, 1.165) is 5.56 Å². The maximum atomic E-state index is 5.82. The lowest BCUT2D eigenvalue weighted by Crippen LogP contribution is -1.75. The van der Waals surface area contributed by atoms with Crippen LogP contribution in [0.25, 0.3) is 0 Å². The van der Waals surface area contributed by atoms with E-state index in [9.17, 15) is 0 Å². The van der Waals surface area contributed by atoms with E-state index in [0.29, 0.717) is 15.7 Å². The molecule has 0 N–H and O–H groups in total. The van der Waals surface area contributed by atoms with Gasteiger partial charge in [0.1, 0.15) is 0 Å². The average molecular weight is 218 g/mol. The van der Waals surface area contributed by atoms with Crippen molar-refractivity contribution in [1.82, 2.24) is 0 Å². The van der Waals surface area contributed by atoms with Gasteiger partial charge < -0.3 is 0 Å². The molecular formula is C8H5Cl2NS. The number of halogens is 2. The number of aryl methyl sites for hydroxylation is 1. The van der Waals surface area contributed by atoms with Crippen molar-refractivity contribution in [2.45, 2.75) is 6.92 Å². The van der Waals surface area contributed by atoms with E-state index in [2.05, 4.69) is 22.4 Å². The molecule has 1 aromatic rings. The van der Waals surface area contributed by atoms with E-state index >= 15 is 0 Å². The second-order valence-corrected chi connectivity index (χ2v) is 3.25. The van der Waals surface area contributed by atoms with Gasteiger partial charge >= 0.3 is 0 Å². The van der Waals surface area contributed by atoms with Crippen molar-refractivity contribution < 1.29 is 0 Å². The predicted molar refractivity (Wildman–Crippen MR) is 55.9 cm³/mol. The Kier molecular flexibility index (Phi) is 3.24. The molecule has 1 nitrogen and oxygen atoms in total. The zero-order valence-electron chi connectivity index (χ0n) is 6.27. The Morgan fingerprint density at radius 3 is 2.58 bits per heavy atom. The maximum Gasteiger partial charge on any atom is 0.0929 e. The number of nitrogens with zero attached hydrogens (tertiary/aromatic N) is 1. The topological polar surface area (TPSA) is 12.4 Å². The SMILES string of the molecule is Cc1cc(N=C=S)c(Cl)cc1Cl. The van der Waals surface area contributed by atoms with Crippen LogP contribution in [0.2, 0.25) is 10.0 Å². The molecule has 0 saturated carbocycles. The lowest BCUT2D eigenvalue weighted by molar-refractivity contribution is 1.44. The fourth-order valence-corrected chi connectivity index (χ4v) is 1.30. The van der Waals surface area contributed by atoms with Crippen LogP contribution in [0.15, 0.2) is 17.1 Å². The van der Waals surface area contributed by atoms with Gasteiger partial charge in [-0.1, -0.05) is 23.2 Å². The summed E-state index contributed by atoms with van der Waals surface area (Å²) >= 11 is 16.1. The highest BCUT2D eigenvalue weighted by Gasteiger charge is 2.02. The number of aliphatic imine (C=N–C) groups is 1. The lowest BCUT2D eigenvalue weighted by atomic mass is 10.2. The fourth-order valence-electron chi connectivity index (χ4n) is 0.777. The van der Waals surface area contributed by atoms with Gasteiger partial charge in [-0.15, -0.1) is 0 Å². The molecule has 0 aliphatic rings. The molecule has 0 aliphatic carbocycles. The molecule has 0 radical (unpaired) electrons. The Labute approximate surface area is 86.0 Å². The second-order valence-electron chi connectivity index (χ2n) is 2.26. The van der Waals surface area contributed by atoms with Crippen molar-refractivity contribution in [1.29, 1.82) is 0 Å². The summed E-state index contributed by atoms with van der Waals surface area (Å²) in [6.07, 6.45) is 0. The van der Waals surface area contributed by atoms with Crippen molar-refractivity contribution in [3.8, 4) is 0 Å². The number of hydrogen-bond donors (Lipinski definition) is 0. The lowest BCUT2D eigenvalue weighted by Gasteiger charge is -2.00. The molecular weight excluding hydrogens is 213 g/mol. The van der Waals surface area contributed by atoms with Gasteiger partial charge in [0.05, 0.1) is 15.9 Å². The van der Waals surface area contributed by atoms with Crippen molar-refractivity contribution in [3.05, 3.63) is 27.7 Å². The summed E-state index contributed by atoms with van der Waals surface area (Å²) in [6, 6.07) is 3.41. The minimum absolute atomic E-state index is 0.489. The van der Waals surface area contributed by atoms with Gasteiger partial charge in [0.25, 0.3) is 0 Å². The molecule has 0 spiro atoms. The molecule has 12 heavy (non-hydrogen) atoms. The highest BCUT2D eigenvalue weighted by Crippen LogP contribution is 2.30. The van der Waals surface area contributed by atoms with E-state index in [4.69, 9.17) is 23.2 Å². The standard InChI is InChI=1S/C8H5Cl2NS/c1-5-2-8(11-4-12)7(10)3-6(5)9/h2-3H,1H3. The van der Waals surface area contributed by atoms with Gasteiger partial charge in [-0.25, -0.2) is 0 Å². The first-order valence-electron chi connectivity index (χ1n) is 3.18. The smallest absolute Gasteiger partial charge is 0.0929 e. The summed E-state index contributed by atoms with van der Waals surface area (Å²) in [5.74, 6) is 0. The molecule has 0 heterocycles. The molecule has 0 saturated heterocycles. The van der Waals surface area contributed by atoms with E-state index in [1.165, 1.54) is 0 Å². The molecule has 0 unspecified atom stereocenters. The van der Waals surface area contributed by atoms with E-state index in [1.807, 2.05) is 6.92 Å². The van der Waals surface area contributed by atoms with Gasteiger partial charge in [-0.2, -0.15) is 4.99 Å². The molecule has 0 amide bonds. The quantitative estimate of drug-likeness (QED) is 0.511. The number of rotatable bonds is 1. The summed E-state index contributed by atoms with van der Waals surface area (Å²) in [7, 11) is 0. The Morgan fingerprint density at radius 2 is 2.00 bits per heavy atom. The fraction of sp³-hybridized carbons (Fsp3) is 0.125. The molecule has 0 fully saturated rings. The molecule has 0 bridgehead atoms. The monoisotopic (exact) mass is 217 g/mol. The molecule has 1 rings (SSSR count). The zero-order valence-corrected chi connectivity index (χ0v) is 8.59. The maximum absolute atomic E-state index is 5.82. The van der Waals surface area contributed by atoms with Gasteiger partial charge in [0, 0.05) is 5.02 Å². The van der Waals surface area contributed by atoms with Crippen LogP contribution in [0.1, 0.15) is 5.56 Å². The third-order valence-corrected chi connectivity index (χ3v) is 2.20. The third kappa shape index (κ3) is 2.05. The van der Waals surface area contributed by atoms with Crippen LogP contribution >= 0.6 is 35.4 Å². The van der Waals surface area contributed by atoms with Crippen LogP contribution in [-0.4, -0.2) is 5.16 Å². The largest absolute Gasteiger partial charge is 0.193 e. The molecule has 0 aromatic heterocycles. The van der Waals surface area contributed by atoms with E-state index in [-0.39, 0.29) is 0 Å². The van der Waals surface area contributed by atoms with Crippen molar-refractivity contribution in [3.63, 3.8) is 0 Å². The first kappa shape index (κ1) is 9.69. The zero-order chi connectivity index (χ0) is 9.14. The summed E-state index contributed by atoms with van der Waals surface area (Å²) in [5.41, 5.74) is 1.53. The highest BCUT2D eigenvalue weighted by atomic mass is 35.5. The first-order valence-corrected chi connectivity index (χ1v) is 4.35. The van der Waals surface area contributed by atoms with Gasteiger partial charge in [-0.05, 0) is 36.8 Å². The van der Waals surface area contributed by atoms with Crippen LogP contribution in [0.5, 0.6) is 0 Å². The summed E-state index contributed by atoms with van der Waals surface area (Å²) < 4.78 is 0. The van der Waals surface area contributed by atoms with Crippen LogP contribution < -0.4 is 0 Å². The number of hydrogen-bond acceptors (Lipinski definition) is 2. The summed E-state index contributed by atoms with van der Waals surface area (Å²) in [4.78, 5) is 3.78. The van der Waals surface area contributed by atoms with Crippen LogP contribution in [-0.2, 0) is 0 Å². The Morgan fingerprint density at radius 1 is 1.33 bits per heavy atom. The molecule has 62 valence electrons. The minimum Gasteiger partial charge on any atom is -0.193 e. The Bertz CT molecular complexity index is 356. The molecule has 4 heteroatoms. The number of thiocarbonyl (C=S) groups is 1. The predicted octanol–water partition coefficient (Wildman–Crippen LogP) is 4.04. The normalized spacial score (nSPS) is 9.25. The van der Waals surface area contributed by atoms with Crippen LogP contribution in [0.4, 0.5) is 5.69 Å². The molecule has 0 aliphatic heterocycles. The van der Waals surface area contributed by atoms with Crippen molar-refractivity contribution >= 4 is 46.3 Å². The summed E-state index contributed by atoms with van der Waals surface area (Å²) in [6.45, 7) is 1.88. The van der Waals surface area contributed by atoms with Crippen LogP contribution in [0, 0.1) is 6.92 Å². The van der Waals surface area contributed by atoms with Gasteiger partial charge in [0.15, 0.2) is 0 Å². The van der Waals surface area contributed by atoms with Crippen molar-refractivity contribution in [2.24, 2.45) is 4.99 Å². The minimum atomic E-state index is 0.489. The van der Waals surface area contributed by atoms with Gasteiger partial charge in [0.2, 0.25) is 0 Å².